The highest BCUT2D eigenvalue weighted by Gasteiger charge is 2.33. The molecule has 1 aromatic heterocycles. The summed E-state index contributed by atoms with van der Waals surface area (Å²) in [6.45, 7) is 3.77. The minimum absolute atomic E-state index is 0. The number of amides is 1. The van der Waals surface area contributed by atoms with E-state index in [2.05, 4.69) is 25.9 Å². The number of anilines is 1. The maximum Gasteiger partial charge on any atom is 0.417 e. The second-order valence-corrected chi connectivity index (χ2v) is 6.79. The summed E-state index contributed by atoms with van der Waals surface area (Å²) in [6.07, 6.45) is -2.11. The summed E-state index contributed by atoms with van der Waals surface area (Å²) >= 11 is 6.02. The summed E-state index contributed by atoms with van der Waals surface area (Å²) in [7, 11) is 1.60. The molecule has 2 heterocycles. The van der Waals surface area contributed by atoms with Gasteiger partial charge in [0.25, 0.3) is 0 Å². The summed E-state index contributed by atoms with van der Waals surface area (Å²) in [6, 6.07) is 0.880. The molecule has 1 fully saturated rings. The first-order valence-corrected chi connectivity index (χ1v) is 9.34. The standard InChI is InChI=1S/C17H24ClF3N6O.HI/c1-3-5-23-14(28)9-25-16(22-2)26-12-4-6-27(10-12)15-13(18)7-11(8-24-15)17(19,20)21;/h7-8,12H,3-6,9-10H2,1-2H3,(H,23,28)(H2,22,25,26);1H. The Morgan fingerprint density at radius 3 is 2.72 bits per heavy atom. The van der Waals surface area contributed by atoms with E-state index < -0.39 is 11.7 Å². The van der Waals surface area contributed by atoms with Crippen LogP contribution in [0.3, 0.4) is 0 Å². The molecule has 0 spiro atoms. The number of aromatic nitrogens is 1. The number of aliphatic imine (C=N–C) groups is 1. The molecule has 164 valence electrons. The van der Waals surface area contributed by atoms with Gasteiger partial charge in [-0.05, 0) is 18.9 Å². The number of pyridine rings is 1. The third-order valence-corrected chi connectivity index (χ3v) is 4.47. The Balaban J connectivity index is 0.00000420. The van der Waals surface area contributed by atoms with Crippen molar-refractivity contribution in [1.29, 1.82) is 0 Å². The number of halogens is 5. The zero-order valence-corrected chi connectivity index (χ0v) is 19.2. The van der Waals surface area contributed by atoms with E-state index in [1.165, 1.54) is 0 Å². The molecule has 3 N–H and O–H groups in total. The van der Waals surface area contributed by atoms with E-state index in [0.29, 0.717) is 31.4 Å². The number of alkyl halides is 3. The average molecular weight is 549 g/mol. The summed E-state index contributed by atoms with van der Waals surface area (Å²) in [5, 5.41) is 8.86. The predicted octanol–water partition coefficient (Wildman–Crippen LogP) is 2.64. The van der Waals surface area contributed by atoms with Gasteiger partial charge in [-0.25, -0.2) is 4.98 Å². The lowest BCUT2D eigenvalue weighted by molar-refractivity contribution is -0.137. The molecule has 29 heavy (non-hydrogen) atoms. The molecule has 1 saturated heterocycles. The average Bonchev–Trinajstić information content (AvgIpc) is 3.10. The normalized spacial score (nSPS) is 17.0. The predicted molar refractivity (Wildman–Crippen MR) is 118 cm³/mol. The molecule has 0 aliphatic carbocycles. The van der Waals surface area contributed by atoms with Gasteiger partial charge in [0.1, 0.15) is 5.82 Å². The Morgan fingerprint density at radius 2 is 2.14 bits per heavy atom. The van der Waals surface area contributed by atoms with Crippen molar-refractivity contribution in [2.75, 3.05) is 38.1 Å². The minimum atomic E-state index is -4.48. The van der Waals surface area contributed by atoms with Crippen LogP contribution in [0.2, 0.25) is 5.02 Å². The van der Waals surface area contributed by atoms with Gasteiger partial charge in [-0.3, -0.25) is 9.79 Å². The van der Waals surface area contributed by atoms with Crippen LogP contribution in [0.4, 0.5) is 19.0 Å². The first-order chi connectivity index (χ1) is 13.2. The molecule has 2 rings (SSSR count). The van der Waals surface area contributed by atoms with E-state index in [1.807, 2.05) is 11.8 Å². The van der Waals surface area contributed by atoms with Crippen LogP contribution in [0.15, 0.2) is 17.3 Å². The molecule has 1 unspecified atom stereocenters. The Morgan fingerprint density at radius 1 is 1.41 bits per heavy atom. The Hall–Kier alpha value is -1.50. The van der Waals surface area contributed by atoms with Gasteiger partial charge < -0.3 is 20.9 Å². The lowest BCUT2D eigenvalue weighted by Crippen LogP contribution is -2.47. The maximum absolute atomic E-state index is 12.7. The van der Waals surface area contributed by atoms with E-state index >= 15 is 0 Å². The molecule has 1 atom stereocenters. The van der Waals surface area contributed by atoms with Crippen LogP contribution < -0.4 is 20.9 Å². The van der Waals surface area contributed by atoms with Crippen molar-refractivity contribution < 1.29 is 18.0 Å². The summed E-state index contributed by atoms with van der Waals surface area (Å²) in [4.78, 5) is 21.5. The minimum Gasteiger partial charge on any atom is -0.355 e. The number of hydrogen-bond donors (Lipinski definition) is 3. The Kier molecular flexibility index (Phi) is 10.2. The van der Waals surface area contributed by atoms with Gasteiger partial charge in [0, 0.05) is 38.9 Å². The van der Waals surface area contributed by atoms with Gasteiger partial charge in [0.05, 0.1) is 17.1 Å². The monoisotopic (exact) mass is 548 g/mol. The van der Waals surface area contributed by atoms with Crippen molar-refractivity contribution in [2.24, 2.45) is 4.99 Å². The van der Waals surface area contributed by atoms with Crippen LogP contribution in [0, 0.1) is 0 Å². The molecule has 1 aliphatic heterocycles. The first kappa shape index (κ1) is 25.5. The van der Waals surface area contributed by atoms with Gasteiger partial charge in [0.2, 0.25) is 5.91 Å². The maximum atomic E-state index is 12.7. The topological polar surface area (TPSA) is 81.6 Å². The van der Waals surface area contributed by atoms with Crippen molar-refractivity contribution >= 4 is 53.3 Å². The summed E-state index contributed by atoms with van der Waals surface area (Å²) < 4.78 is 38.2. The molecular weight excluding hydrogens is 524 g/mol. The van der Waals surface area contributed by atoms with Crippen LogP contribution in [-0.2, 0) is 11.0 Å². The molecule has 0 radical (unpaired) electrons. The van der Waals surface area contributed by atoms with E-state index in [-0.39, 0.29) is 47.5 Å². The highest BCUT2D eigenvalue weighted by atomic mass is 127. The smallest absolute Gasteiger partial charge is 0.355 e. The fraction of sp³-hybridized carbons (Fsp3) is 0.588. The number of hydrogen-bond acceptors (Lipinski definition) is 4. The van der Waals surface area contributed by atoms with Gasteiger partial charge in [0.15, 0.2) is 5.96 Å². The van der Waals surface area contributed by atoms with Gasteiger partial charge >= 0.3 is 6.18 Å². The number of carbonyl (C=O) groups excluding carboxylic acids is 1. The summed E-state index contributed by atoms with van der Waals surface area (Å²) in [5.74, 6) is 0.671. The van der Waals surface area contributed by atoms with Crippen molar-refractivity contribution in [1.82, 2.24) is 20.9 Å². The van der Waals surface area contributed by atoms with E-state index in [4.69, 9.17) is 11.6 Å². The highest BCUT2D eigenvalue weighted by Crippen LogP contribution is 2.34. The van der Waals surface area contributed by atoms with Crippen LogP contribution in [0.25, 0.3) is 0 Å². The number of guanidine groups is 1. The quantitative estimate of drug-likeness (QED) is 0.289. The second kappa shape index (κ2) is 11.6. The van der Waals surface area contributed by atoms with E-state index in [0.717, 1.165) is 25.1 Å². The van der Waals surface area contributed by atoms with Crippen molar-refractivity contribution in [3.63, 3.8) is 0 Å². The van der Waals surface area contributed by atoms with Crippen molar-refractivity contribution in [2.45, 2.75) is 32.0 Å². The second-order valence-electron chi connectivity index (χ2n) is 6.38. The molecule has 1 amide bonds. The van der Waals surface area contributed by atoms with Crippen molar-refractivity contribution in [3.8, 4) is 0 Å². The first-order valence-electron chi connectivity index (χ1n) is 8.96. The lowest BCUT2D eigenvalue weighted by atomic mass is 10.2. The Bertz CT molecular complexity index is 719. The van der Waals surface area contributed by atoms with Crippen LogP contribution in [0.1, 0.15) is 25.3 Å². The molecular formula is C17H25ClF3IN6O. The number of nitrogens with one attached hydrogen (secondary N) is 3. The lowest BCUT2D eigenvalue weighted by Gasteiger charge is -2.21. The van der Waals surface area contributed by atoms with Crippen LogP contribution >= 0.6 is 35.6 Å². The fourth-order valence-electron chi connectivity index (χ4n) is 2.77. The number of nitrogens with zero attached hydrogens (tertiary/aromatic N) is 3. The Labute approximate surface area is 189 Å². The molecule has 1 aliphatic rings. The van der Waals surface area contributed by atoms with Crippen LogP contribution in [0.5, 0.6) is 0 Å². The zero-order chi connectivity index (χ0) is 20.7. The molecule has 7 nitrogen and oxygen atoms in total. The zero-order valence-electron chi connectivity index (χ0n) is 16.1. The molecule has 12 heteroatoms. The van der Waals surface area contributed by atoms with E-state index in [1.54, 1.807) is 7.05 Å². The highest BCUT2D eigenvalue weighted by molar-refractivity contribution is 14.0. The molecule has 0 aromatic carbocycles. The molecule has 1 aromatic rings. The van der Waals surface area contributed by atoms with Crippen LogP contribution in [-0.4, -0.2) is 56.1 Å². The van der Waals surface area contributed by atoms with Crippen molar-refractivity contribution in [3.05, 3.63) is 22.8 Å². The largest absolute Gasteiger partial charge is 0.417 e. The van der Waals surface area contributed by atoms with Gasteiger partial charge in [-0.2, -0.15) is 13.2 Å². The summed E-state index contributed by atoms with van der Waals surface area (Å²) in [5.41, 5.74) is -0.874. The van der Waals surface area contributed by atoms with E-state index in [9.17, 15) is 18.0 Å². The number of carbonyl (C=O) groups is 1. The SMILES string of the molecule is CCCNC(=O)CNC(=NC)NC1CCN(c2ncc(C(F)(F)F)cc2Cl)C1.I. The van der Waals surface area contributed by atoms with Gasteiger partial charge in [-0.15, -0.1) is 24.0 Å². The third kappa shape index (κ3) is 7.68. The molecule has 0 bridgehead atoms. The fourth-order valence-corrected chi connectivity index (χ4v) is 3.05. The van der Waals surface area contributed by atoms with Gasteiger partial charge in [-0.1, -0.05) is 18.5 Å². The number of rotatable bonds is 6. The molecule has 0 saturated carbocycles. The third-order valence-electron chi connectivity index (χ3n) is 4.19.